The van der Waals surface area contributed by atoms with Gasteiger partial charge in [0.15, 0.2) is 23.9 Å². The molecule has 1 unspecified atom stereocenters. The maximum Gasteiger partial charge on any atom is 0.258 e. The molecule has 0 spiro atoms. The molecular formula is C15H20N4O3. The van der Waals surface area contributed by atoms with Gasteiger partial charge in [-0.1, -0.05) is 12.1 Å². The normalized spacial score (nSPS) is 11.8. The summed E-state index contributed by atoms with van der Waals surface area (Å²) in [6, 6.07) is 6.95. The van der Waals surface area contributed by atoms with E-state index >= 15 is 0 Å². The summed E-state index contributed by atoms with van der Waals surface area (Å²) in [5.74, 6) is 1.61. The van der Waals surface area contributed by atoms with Gasteiger partial charge in [-0.3, -0.25) is 4.79 Å². The molecule has 2 rings (SSSR count). The molecule has 0 saturated heterocycles. The van der Waals surface area contributed by atoms with Crippen LogP contribution in [-0.2, 0) is 11.3 Å². The summed E-state index contributed by atoms with van der Waals surface area (Å²) in [6.07, 6.45) is 1.64. The van der Waals surface area contributed by atoms with E-state index in [1.807, 2.05) is 30.5 Å². The van der Waals surface area contributed by atoms with E-state index in [1.165, 1.54) is 0 Å². The van der Waals surface area contributed by atoms with Gasteiger partial charge in [0.2, 0.25) is 0 Å². The van der Waals surface area contributed by atoms with Crippen LogP contribution in [0.3, 0.4) is 0 Å². The second kappa shape index (κ2) is 7.44. The highest BCUT2D eigenvalue weighted by molar-refractivity contribution is 5.78. The Balaban J connectivity index is 1.90. The molecule has 0 bridgehead atoms. The van der Waals surface area contributed by atoms with E-state index in [-0.39, 0.29) is 18.6 Å². The van der Waals surface area contributed by atoms with Crippen molar-refractivity contribution in [3.05, 3.63) is 36.4 Å². The fourth-order valence-electron chi connectivity index (χ4n) is 2.07. The van der Waals surface area contributed by atoms with Crippen LogP contribution in [0.4, 0.5) is 0 Å². The summed E-state index contributed by atoms with van der Waals surface area (Å²) in [7, 11) is 1.56. The third-order valence-electron chi connectivity index (χ3n) is 3.18. The van der Waals surface area contributed by atoms with Crippen LogP contribution in [0.25, 0.3) is 0 Å². The van der Waals surface area contributed by atoms with E-state index in [0.717, 1.165) is 6.54 Å². The van der Waals surface area contributed by atoms with Gasteiger partial charge >= 0.3 is 0 Å². The molecule has 118 valence electrons. The lowest BCUT2D eigenvalue weighted by atomic mass is 10.3. The van der Waals surface area contributed by atoms with Crippen molar-refractivity contribution in [2.45, 2.75) is 26.4 Å². The first-order valence-corrected chi connectivity index (χ1v) is 7.08. The number of carbonyl (C=O) groups is 1. The summed E-state index contributed by atoms with van der Waals surface area (Å²) >= 11 is 0. The number of amides is 1. The SMILES string of the molecule is CCn1cnnc1C(C)NC(=O)COc1ccccc1OC. The van der Waals surface area contributed by atoms with Gasteiger partial charge < -0.3 is 19.4 Å². The summed E-state index contributed by atoms with van der Waals surface area (Å²) < 4.78 is 12.5. The molecule has 1 atom stereocenters. The van der Waals surface area contributed by atoms with Crippen LogP contribution in [-0.4, -0.2) is 34.4 Å². The molecule has 22 heavy (non-hydrogen) atoms. The number of nitrogens with zero attached hydrogens (tertiary/aromatic N) is 3. The molecule has 2 aromatic rings. The van der Waals surface area contributed by atoms with Gasteiger partial charge in [0, 0.05) is 6.54 Å². The van der Waals surface area contributed by atoms with Crippen LogP contribution in [0, 0.1) is 0 Å². The van der Waals surface area contributed by atoms with Gasteiger partial charge in [0.25, 0.3) is 5.91 Å². The number of ether oxygens (including phenoxy) is 2. The van der Waals surface area contributed by atoms with Crippen molar-refractivity contribution >= 4 is 5.91 Å². The predicted molar refractivity (Wildman–Crippen MR) is 80.7 cm³/mol. The predicted octanol–water partition coefficient (Wildman–Crippen LogP) is 1.56. The van der Waals surface area contributed by atoms with Gasteiger partial charge in [-0.25, -0.2) is 0 Å². The maximum atomic E-state index is 12.0. The Morgan fingerprint density at radius 2 is 2.09 bits per heavy atom. The van der Waals surface area contributed by atoms with E-state index in [4.69, 9.17) is 9.47 Å². The highest BCUT2D eigenvalue weighted by atomic mass is 16.5. The van der Waals surface area contributed by atoms with Crippen LogP contribution < -0.4 is 14.8 Å². The second-order valence-electron chi connectivity index (χ2n) is 4.70. The standard InChI is InChI=1S/C15H20N4O3/c1-4-19-10-16-18-15(19)11(2)17-14(20)9-22-13-8-6-5-7-12(13)21-3/h5-8,10-11H,4,9H2,1-3H3,(H,17,20). The smallest absolute Gasteiger partial charge is 0.258 e. The number of methoxy groups -OCH3 is 1. The fraction of sp³-hybridized carbons (Fsp3) is 0.400. The Labute approximate surface area is 129 Å². The number of nitrogens with one attached hydrogen (secondary N) is 1. The molecule has 1 N–H and O–H groups in total. The van der Waals surface area contributed by atoms with Gasteiger partial charge in [-0.15, -0.1) is 10.2 Å². The molecule has 0 saturated carbocycles. The van der Waals surface area contributed by atoms with Gasteiger partial charge in [-0.2, -0.15) is 0 Å². The van der Waals surface area contributed by atoms with E-state index in [2.05, 4.69) is 15.5 Å². The molecular weight excluding hydrogens is 284 g/mol. The first kappa shape index (κ1) is 15.8. The number of carbonyl (C=O) groups excluding carboxylic acids is 1. The Morgan fingerprint density at radius 1 is 1.36 bits per heavy atom. The van der Waals surface area contributed by atoms with Crippen molar-refractivity contribution in [3.63, 3.8) is 0 Å². The summed E-state index contributed by atoms with van der Waals surface area (Å²) in [6.45, 7) is 4.51. The average Bonchev–Trinajstić information content (AvgIpc) is 3.01. The monoisotopic (exact) mass is 304 g/mol. The Hall–Kier alpha value is -2.57. The first-order valence-electron chi connectivity index (χ1n) is 7.08. The van der Waals surface area contributed by atoms with Crippen LogP contribution in [0.1, 0.15) is 25.7 Å². The molecule has 7 nitrogen and oxygen atoms in total. The zero-order valence-electron chi connectivity index (χ0n) is 12.9. The summed E-state index contributed by atoms with van der Waals surface area (Å²) in [5.41, 5.74) is 0. The van der Waals surface area contributed by atoms with Crippen molar-refractivity contribution in [2.75, 3.05) is 13.7 Å². The van der Waals surface area contributed by atoms with Crippen LogP contribution in [0.2, 0.25) is 0 Å². The Kier molecular flexibility index (Phi) is 5.35. The molecule has 0 aliphatic heterocycles. The van der Waals surface area contributed by atoms with Crippen molar-refractivity contribution in [1.29, 1.82) is 0 Å². The molecule has 1 aromatic heterocycles. The number of hydrogen-bond acceptors (Lipinski definition) is 5. The minimum Gasteiger partial charge on any atom is -0.493 e. The lowest BCUT2D eigenvalue weighted by Gasteiger charge is -2.15. The largest absolute Gasteiger partial charge is 0.493 e. The molecule has 1 aromatic carbocycles. The quantitative estimate of drug-likeness (QED) is 0.840. The van der Waals surface area contributed by atoms with Crippen molar-refractivity contribution < 1.29 is 14.3 Å². The molecule has 1 heterocycles. The van der Waals surface area contributed by atoms with Gasteiger partial charge in [-0.05, 0) is 26.0 Å². The van der Waals surface area contributed by atoms with Gasteiger partial charge in [0.05, 0.1) is 13.2 Å². The fourth-order valence-corrected chi connectivity index (χ4v) is 2.07. The Bertz CT molecular complexity index is 627. The number of aryl methyl sites for hydroxylation is 1. The summed E-state index contributed by atoms with van der Waals surface area (Å²) in [4.78, 5) is 12.0. The number of benzene rings is 1. The maximum absolute atomic E-state index is 12.0. The molecule has 1 amide bonds. The minimum absolute atomic E-state index is 0.0923. The zero-order valence-corrected chi connectivity index (χ0v) is 12.9. The summed E-state index contributed by atoms with van der Waals surface area (Å²) in [5, 5.41) is 10.7. The third kappa shape index (κ3) is 3.75. The van der Waals surface area contributed by atoms with Gasteiger partial charge in [0.1, 0.15) is 6.33 Å². The van der Waals surface area contributed by atoms with E-state index in [9.17, 15) is 4.79 Å². The number of para-hydroxylation sites is 2. The van der Waals surface area contributed by atoms with E-state index < -0.39 is 0 Å². The van der Waals surface area contributed by atoms with E-state index in [0.29, 0.717) is 17.3 Å². The average molecular weight is 304 g/mol. The van der Waals surface area contributed by atoms with Crippen LogP contribution in [0.15, 0.2) is 30.6 Å². The molecule has 0 aliphatic rings. The Morgan fingerprint density at radius 3 is 2.77 bits per heavy atom. The second-order valence-corrected chi connectivity index (χ2v) is 4.70. The van der Waals surface area contributed by atoms with Crippen molar-refractivity contribution in [3.8, 4) is 11.5 Å². The van der Waals surface area contributed by atoms with Crippen LogP contribution in [0.5, 0.6) is 11.5 Å². The number of aromatic nitrogens is 3. The zero-order chi connectivity index (χ0) is 15.9. The molecule has 7 heteroatoms. The lowest BCUT2D eigenvalue weighted by Crippen LogP contribution is -2.32. The van der Waals surface area contributed by atoms with Crippen molar-refractivity contribution in [1.82, 2.24) is 20.1 Å². The molecule has 0 aliphatic carbocycles. The van der Waals surface area contributed by atoms with Crippen LogP contribution >= 0.6 is 0 Å². The highest BCUT2D eigenvalue weighted by Crippen LogP contribution is 2.25. The first-order chi connectivity index (χ1) is 10.7. The topological polar surface area (TPSA) is 78.3 Å². The highest BCUT2D eigenvalue weighted by Gasteiger charge is 2.15. The number of rotatable bonds is 7. The van der Waals surface area contributed by atoms with Crippen molar-refractivity contribution in [2.24, 2.45) is 0 Å². The lowest BCUT2D eigenvalue weighted by molar-refractivity contribution is -0.123. The molecule has 0 fully saturated rings. The molecule has 0 radical (unpaired) electrons. The van der Waals surface area contributed by atoms with E-state index in [1.54, 1.807) is 25.6 Å². The number of hydrogen-bond donors (Lipinski definition) is 1. The third-order valence-corrected chi connectivity index (χ3v) is 3.18. The minimum atomic E-state index is -0.240.